The van der Waals surface area contributed by atoms with Crippen molar-refractivity contribution < 1.29 is 52.3 Å². The quantitative estimate of drug-likeness (QED) is 0.340. The van der Waals surface area contributed by atoms with Crippen LogP contribution in [0.2, 0.25) is 0 Å². The maximum absolute atomic E-state index is 16.6. The number of halogens is 1. The molecule has 270 valence electrons. The number of methoxy groups -OCH3 is 1. The first-order chi connectivity index (χ1) is 21.8. The van der Waals surface area contributed by atoms with Crippen molar-refractivity contribution in [3.8, 4) is 0 Å². The molecule has 0 aromatic carbocycles. The van der Waals surface area contributed by atoms with Gasteiger partial charge in [0.25, 0.3) is 5.67 Å². The smallest absolute Gasteiger partial charge is 0.351 e. The summed E-state index contributed by atoms with van der Waals surface area (Å²) in [5, 5.41) is 11.9. The van der Waals surface area contributed by atoms with Crippen LogP contribution in [0.5, 0.6) is 0 Å². The number of likely N-dealkylation sites (N-methyl/N-ethyl adjacent to an activating group) is 1. The van der Waals surface area contributed by atoms with Gasteiger partial charge in [0, 0.05) is 37.7 Å². The summed E-state index contributed by atoms with van der Waals surface area (Å²) in [5.74, 6) is -5.21. The zero-order valence-electron chi connectivity index (χ0n) is 30.2. The molecular weight excluding hydrogens is 615 g/mol. The number of alkyl halides is 1. The zero-order valence-corrected chi connectivity index (χ0v) is 30.2. The molecule has 2 bridgehead atoms. The first-order valence-electron chi connectivity index (χ1n) is 16.7. The Morgan fingerprint density at radius 1 is 1.06 bits per heavy atom. The van der Waals surface area contributed by atoms with Gasteiger partial charge in [-0.15, -0.1) is 0 Å². The lowest BCUT2D eigenvalue weighted by Gasteiger charge is -2.48. The van der Waals surface area contributed by atoms with E-state index in [9.17, 15) is 19.5 Å². The Morgan fingerprint density at radius 2 is 1.70 bits per heavy atom. The number of ketones is 2. The third-order valence-corrected chi connectivity index (χ3v) is 10.3. The fourth-order valence-corrected chi connectivity index (χ4v) is 7.83. The van der Waals surface area contributed by atoms with E-state index in [-0.39, 0.29) is 30.9 Å². The minimum absolute atomic E-state index is 0.0722. The van der Waals surface area contributed by atoms with Gasteiger partial charge in [-0.1, -0.05) is 27.7 Å². The number of hydrogen-bond donors (Lipinski definition) is 1. The molecule has 0 aromatic heterocycles. The van der Waals surface area contributed by atoms with E-state index in [1.165, 1.54) is 13.8 Å². The second kappa shape index (κ2) is 15.3. The van der Waals surface area contributed by atoms with Crippen molar-refractivity contribution in [3.05, 3.63) is 0 Å². The van der Waals surface area contributed by atoms with Crippen molar-refractivity contribution in [2.45, 2.75) is 134 Å². The highest BCUT2D eigenvalue weighted by molar-refractivity contribution is 6.07. The number of fused-ring (bicyclic) bond motifs is 5. The predicted octanol–water partition coefficient (Wildman–Crippen LogP) is 2.95. The molecule has 0 aromatic rings. The first kappa shape index (κ1) is 39.6. The standard InChI is InChI=1S/C34H57FN2O10/c1-13-24-34(8,41)29-20(4)25(36-9)18(2)15-32(6,44-17-22(38)16-43-29)28(21(5)27(39)33(7,35)31(40)46-24)47-30-26(42-12)23(37(10)11)14-19(3)45-30/h18-21,23-24,26,28-30,41H,13-17H2,1-12H3/t18-,19-,20+,21+,23+,24-,26-,28-,29-,30+,32-,33+,34-/m1/s1. The highest BCUT2D eigenvalue weighted by Gasteiger charge is 2.56. The minimum atomic E-state index is -3.12. The summed E-state index contributed by atoms with van der Waals surface area (Å²) < 4.78 is 53.5. The summed E-state index contributed by atoms with van der Waals surface area (Å²) >= 11 is 0. The summed E-state index contributed by atoms with van der Waals surface area (Å²) in [7, 11) is 7.02. The third kappa shape index (κ3) is 8.13. The number of rotatable bonds is 5. The van der Waals surface area contributed by atoms with Gasteiger partial charge < -0.3 is 38.4 Å². The molecule has 12 nitrogen and oxygen atoms in total. The molecule has 47 heavy (non-hydrogen) atoms. The summed E-state index contributed by atoms with van der Waals surface area (Å²) in [6.07, 6.45) is -4.57. The molecule has 1 N–H and O–H groups in total. The van der Waals surface area contributed by atoms with Crippen LogP contribution in [0.15, 0.2) is 4.99 Å². The summed E-state index contributed by atoms with van der Waals surface area (Å²) in [5.41, 5.74) is -5.79. The number of carbonyl (C=O) groups excluding carboxylic acids is 3. The molecule has 0 unspecified atom stereocenters. The molecule has 13 heteroatoms. The van der Waals surface area contributed by atoms with Gasteiger partial charge in [0.15, 0.2) is 17.9 Å². The van der Waals surface area contributed by atoms with E-state index in [4.69, 9.17) is 28.4 Å². The molecule has 3 aliphatic rings. The largest absolute Gasteiger partial charge is 0.457 e. The Labute approximate surface area is 279 Å². The Morgan fingerprint density at radius 3 is 2.26 bits per heavy atom. The van der Waals surface area contributed by atoms with Gasteiger partial charge >= 0.3 is 5.97 Å². The van der Waals surface area contributed by atoms with E-state index in [0.717, 1.165) is 6.92 Å². The van der Waals surface area contributed by atoms with E-state index < -0.39 is 90.2 Å². The number of Topliss-reactive ketones (excluding diaryl/α,β-unsaturated/α-hetero) is 2. The van der Waals surface area contributed by atoms with Crippen LogP contribution in [0.25, 0.3) is 0 Å². The number of ether oxygens (including phenoxy) is 6. The van der Waals surface area contributed by atoms with Gasteiger partial charge in [-0.3, -0.25) is 14.6 Å². The second-order valence-corrected chi connectivity index (χ2v) is 14.4. The van der Waals surface area contributed by atoms with Gasteiger partial charge in [-0.25, -0.2) is 9.18 Å². The van der Waals surface area contributed by atoms with Gasteiger partial charge in [0.2, 0.25) is 0 Å². The van der Waals surface area contributed by atoms with E-state index >= 15 is 4.39 Å². The topological polar surface area (TPSA) is 142 Å². The normalized spacial score (nSPS) is 45.7. The highest BCUT2D eigenvalue weighted by atomic mass is 19.1. The number of nitrogens with zero attached hydrogens (tertiary/aromatic N) is 2. The molecule has 3 rings (SSSR count). The predicted molar refractivity (Wildman–Crippen MR) is 172 cm³/mol. The van der Waals surface area contributed by atoms with Gasteiger partial charge in [-0.2, -0.15) is 0 Å². The van der Waals surface area contributed by atoms with Crippen molar-refractivity contribution in [3.63, 3.8) is 0 Å². The van der Waals surface area contributed by atoms with Gasteiger partial charge in [-0.05, 0) is 67.0 Å². The van der Waals surface area contributed by atoms with Crippen LogP contribution >= 0.6 is 0 Å². The van der Waals surface area contributed by atoms with Crippen LogP contribution in [0.1, 0.15) is 74.7 Å². The number of esters is 1. The maximum atomic E-state index is 16.6. The molecule has 3 saturated heterocycles. The van der Waals surface area contributed by atoms with Gasteiger partial charge in [0.05, 0.1) is 23.9 Å². The number of carbonyl (C=O) groups is 3. The molecule has 0 amide bonds. The molecule has 0 saturated carbocycles. The Kier molecular flexibility index (Phi) is 12.9. The minimum Gasteiger partial charge on any atom is -0.457 e. The molecule has 13 atom stereocenters. The number of aliphatic imine (C=N–C) groups is 1. The van der Waals surface area contributed by atoms with Crippen molar-refractivity contribution in [2.24, 2.45) is 22.7 Å². The van der Waals surface area contributed by atoms with Crippen LogP contribution in [-0.2, 0) is 42.8 Å². The lowest BCUT2D eigenvalue weighted by Crippen LogP contribution is -2.61. The SMILES string of the molecule is CC[C@H]1OC(=O)[C@@](C)(F)C(=O)[C@H](C)[C@@H](O[C@@H]2O[C@H](C)C[C@H](N(C)C)[C@H]2OC)[C@@]2(C)C[C@@H](C)C(=NC)[C@H](C)[C@@H](OCC(=O)CO2)[C@]1(C)O. The zero-order chi connectivity index (χ0) is 35.6. The first-order valence-corrected chi connectivity index (χ1v) is 16.7. The molecular formula is C34H57FN2O10. The number of aliphatic hydroxyl groups is 1. The highest BCUT2D eigenvalue weighted by Crippen LogP contribution is 2.41. The molecule has 0 radical (unpaired) electrons. The summed E-state index contributed by atoms with van der Waals surface area (Å²) in [6.45, 7) is 11.9. The summed E-state index contributed by atoms with van der Waals surface area (Å²) in [6, 6.07) is -0.117. The monoisotopic (exact) mass is 672 g/mol. The number of cyclic esters (lactones) is 1. The fraction of sp³-hybridized carbons (Fsp3) is 0.882. The van der Waals surface area contributed by atoms with E-state index in [0.29, 0.717) is 12.1 Å². The lowest BCUT2D eigenvalue weighted by molar-refractivity contribution is -0.300. The van der Waals surface area contributed by atoms with Crippen LogP contribution in [0.4, 0.5) is 4.39 Å². The molecule has 3 heterocycles. The van der Waals surface area contributed by atoms with Crippen LogP contribution < -0.4 is 0 Å². The van der Waals surface area contributed by atoms with Crippen molar-refractivity contribution in [1.29, 1.82) is 0 Å². The van der Waals surface area contributed by atoms with E-state index in [1.807, 2.05) is 39.8 Å². The molecule has 0 aliphatic carbocycles. The number of hydrogen-bond acceptors (Lipinski definition) is 12. The maximum Gasteiger partial charge on any atom is 0.351 e. The third-order valence-electron chi connectivity index (χ3n) is 10.3. The van der Waals surface area contributed by atoms with Crippen LogP contribution in [0.3, 0.4) is 0 Å². The Balaban J connectivity index is 2.29. The summed E-state index contributed by atoms with van der Waals surface area (Å²) in [4.78, 5) is 47.6. The van der Waals surface area contributed by atoms with E-state index in [2.05, 4.69) is 4.99 Å². The van der Waals surface area contributed by atoms with Crippen molar-refractivity contribution in [2.75, 3.05) is 41.5 Å². The molecule has 3 fully saturated rings. The Bertz CT molecular complexity index is 1160. The molecule has 3 aliphatic heterocycles. The lowest BCUT2D eigenvalue weighted by atomic mass is 9.73. The van der Waals surface area contributed by atoms with E-state index in [1.54, 1.807) is 28.0 Å². The van der Waals surface area contributed by atoms with Crippen molar-refractivity contribution in [1.82, 2.24) is 4.90 Å². The fourth-order valence-electron chi connectivity index (χ4n) is 7.83. The van der Waals surface area contributed by atoms with Crippen molar-refractivity contribution >= 4 is 23.2 Å². The van der Waals surface area contributed by atoms with Gasteiger partial charge in [0.1, 0.15) is 31.0 Å². The average Bonchev–Trinajstić information content (AvgIpc) is 3.00. The Hall–Kier alpha value is -1.87. The molecule has 0 spiro atoms. The van der Waals surface area contributed by atoms with Crippen LogP contribution in [-0.4, -0.2) is 134 Å². The average molecular weight is 673 g/mol. The van der Waals surface area contributed by atoms with Crippen LogP contribution in [0, 0.1) is 17.8 Å². The second-order valence-electron chi connectivity index (χ2n) is 14.4.